The summed E-state index contributed by atoms with van der Waals surface area (Å²) in [6.45, 7) is 7.27. The number of carbonyl (C=O) groups is 2. The highest BCUT2D eigenvalue weighted by molar-refractivity contribution is 7.14. The number of aryl methyl sites for hydroxylation is 1. The zero-order valence-electron chi connectivity index (χ0n) is 21.8. The van der Waals surface area contributed by atoms with E-state index >= 15 is 0 Å². The smallest absolute Gasteiger partial charge is 0.251 e. The van der Waals surface area contributed by atoms with Crippen LogP contribution in [0.5, 0.6) is 0 Å². The van der Waals surface area contributed by atoms with Gasteiger partial charge in [-0.25, -0.2) is 9.97 Å². The third-order valence-corrected chi connectivity index (χ3v) is 7.77. The molecule has 1 saturated heterocycles. The Morgan fingerprint density at radius 2 is 1.95 bits per heavy atom. The Hall–Kier alpha value is -3.34. The highest BCUT2D eigenvalue weighted by Crippen LogP contribution is 2.36. The second-order valence-corrected chi connectivity index (χ2v) is 11.0. The van der Waals surface area contributed by atoms with Gasteiger partial charge in [-0.1, -0.05) is 12.1 Å². The van der Waals surface area contributed by atoms with Crippen LogP contribution in [0.4, 0.5) is 10.9 Å². The Labute approximate surface area is 226 Å². The fraction of sp³-hybridized carbons (Fsp3) is 0.429. The molecule has 10 heteroatoms. The van der Waals surface area contributed by atoms with Crippen molar-refractivity contribution in [2.75, 3.05) is 29.9 Å². The van der Waals surface area contributed by atoms with Gasteiger partial charge in [0.05, 0.1) is 30.6 Å². The molecule has 38 heavy (non-hydrogen) atoms. The molecule has 0 saturated carbocycles. The fourth-order valence-corrected chi connectivity index (χ4v) is 5.98. The molecule has 3 heterocycles. The molecular weight excluding hydrogens is 502 g/mol. The van der Waals surface area contributed by atoms with E-state index in [-0.39, 0.29) is 36.5 Å². The number of benzene rings is 1. The Balaban J connectivity index is 1.18. The minimum Gasteiger partial charge on any atom is -0.393 e. The molecule has 0 radical (unpaired) electrons. The van der Waals surface area contributed by atoms with E-state index in [1.165, 1.54) is 16.9 Å². The standard InChI is InChI=1S/C28H33N5O4S/c1-16-13-33(14-17(2)37-16)25-6-4-5-23(30-25)24-15-38-28(31-24)32-26(35)12-29-27(36)20-8-7-19-9-10-21(18(3)34)22(19)11-20/h4-8,11,15-18,21,34H,9-10,12-14H2,1-3H3,(H,29,36)(H,31,32,35)/t16-,17+,18-,21-/m0/s1. The Bertz CT molecular complexity index is 1320. The van der Waals surface area contributed by atoms with E-state index in [9.17, 15) is 14.7 Å². The molecule has 2 amide bonds. The van der Waals surface area contributed by atoms with Gasteiger partial charge in [-0.05, 0) is 69.0 Å². The molecule has 2 aromatic heterocycles. The summed E-state index contributed by atoms with van der Waals surface area (Å²) >= 11 is 1.31. The van der Waals surface area contributed by atoms with Crippen molar-refractivity contribution in [1.82, 2.24) is 15.3 Å². The lowest BCUT2D eigenvalue weighted by Gasteiger charge is -2.36. The van der Waals surface area contributed by atoms with Crippen LogP contribution in [0.1, 0.15) is 54.6 Å². The van der Waals surface area contributed by atoms with Crippen LogP contribution in [0, 0.1) is 0 Å². The highest BCUT2D eigenvalue weighted by Gasteiger charge is 2.27. The number of pyridine rings is 1. The molecule has 0 spiro atoms. The average molecular weight is 536 g/mol. The van der Waals surface area contributed by atoms with Crippen molar-refractivity contribution in [2.45, 2.75) is 57.8 Å². The highest BCUT2D eigenvalue weighted by atomic mass is 32.1. The van der Waals surface area contributed by atoms with E-state index in [0.29, 0.717) is 16.4 Å². The topological polar surface area (TPSA) is 117 Å². The van der Waals surface area contributed by atoms with Crippen molar-refractivity contribution in [3.05, 3.63) is 58.5 Å². The summed E-state index contributed by atoms with van der Waals surface area (Å²) < 4.78 is 5.83. The van der Waals surface area contributed by atoms with Gasteiger partial charge in [-0.2, -0.15) is 0 Å². The number of ether oxygens (including phenoxy) is 1. The molecule has 1 aliphatic carbocycles. The number of hydrogen-bond donors (Lipinski definition) is 3. The first-order chi connectivity index (χ1) is 18.3. The number of nitrogens with one attached hydrogen (secondary N) is 2. The van der Waals surface area contributed by atoms with Crippen molar-refractivity contribution < 1.29 is 19.4 Å². The van der Waals surface area contributed by atoms with Crippen molar-refractivity contribution >= 4 is 34.1 Å². The fourth-order valence-electron chi connectivity index (χ4n) is 5.26. The van der Waals surface area contributed by atoms with E-state index < -0.39 is 6.10 Å². The number of morpholine rings is 1. The minimum absolute atomic E-state index is 0.0383. The van der Waals surface area contributed by atoms with Crippen LogP contribution < -0.4 is 15.5 Å². The maximum atomic E-state index is 12.7. The molecular formula is C28H33N5O4S. The average Bonchev–Trinajstić information content (AvgIpc) is 3.53. The van der Waals surface area contributed by atoms with E-state index in [1.54, 1.807) is 13.0 Å². The number of fused-ring (bicyclic) bond motifs is 1. The number of carbonyl (C=O) groups excluding carboxylic acids is 2. The zero-order valence-corrected chi connectivity index (χ0v) is 22.6. The van der Waals surface area contributed by atoms with Gasteiger partial charge < -0.3 is 25.4 Å². The molecule has 0 unspecified atom stereocenters. The monoisotopic (exact) mass is 535 g/mol. The van der Waals surface area contributed by atoms with Gasteiger partial charge in [0.2, 0.25) is 5.91 Å². The first-order valence-electron chi connectivity index (χ1n) is 13.0. The molecule has 0 bridgehead atoms. The summed E-state index contributed by atoms with van der Waals surface area (Å²) in [6, 6.07) is 11.4. The molecule has 4 atom stereocenters. The van der Waals surface area contributed by atoms with E-state index in [1.807, 2.05) is 35.7 Å². The molecule has 1 aromatic carbocycles. The maximum absolute atomic E-state index is 12.7. The quantitative estimate of drug-likeness (QED) is 0.423. The molecule has 1 aliphatic heterocycles. The predicted octanol–water partition coefficient (Wildman–Crippen LogP) is 3.60. The number of aliphatic hydroxyl groups is 1. The minimum atomic E-state index is -0.465. The van der Waals surface area contributed by atoms with Gasteiger partial charge >= 0.3 is 0 Å². The lowest BCUT2D eigenvalue weighted by atomic mass is 9.95. The third-order valence-electron chi connectivity index (χ3n) is 7.01. The van der Waals surface area contributed by atoms with Crippen LogP contribution in [0.15, 0.2) is 41.8 Å². The molecule has 3 aromatic rings. The molecule has 9 nitrogen and oxygen atoms in total. The zero-order chi connectivity index (χ0) is 26.8. The molecule has 5 rings (SSSR count). The molecule has 2 aliphatic rings. The van der Waals surface area contributed by atoms with Gasteiger partial charge in [-0.15, -0.1) is 11.3 Å². The van der Waals surface area contributed by atoms with Crippen molar-refractivity contribution in [1.29, 1.82) is 0 Å². The van der Waals surface area contributed by atoms with Crippen LogP contribution in [-0.4, -0.2) is 64.8 Å². The predicted molar refractivity (Wildman–Crippen MR) is 148 cm³/mol. The van der Waals surface area contributed by atoms with Crippen LogP contribution >= 0.6 is 11.3 Å². The van der Waals surface area contributed by atoms with Gasteiger partial charge in [0.1, 0.15) is 11.5 Å². The number of nitrogens with zero attached hydrogens (tertiary/aromatic N) is 3. The second-order valence-electron chi connectivity index (χ2n) is 10.1. The number of thiazole rings is 1. The first-order valence-corrected chi connectivity index (χ1v) is 13.9. The molecule has 200 valence electrons. The second kappa shape index (κ2) is 11.2. The maximum Gasteiger partial charge on any atom is 0.251 e. The van der Waals surface area contributed by atoms with Gasteiger partial charge in [0.25, 0.3) is 5.91 Å². The summed E-state index contributed by atoms with van der Waals surface area (Å²) in [5.41, 5.74) is 4.07. The van der Waals surface area contributed by atoms with Crippen LogP contribution in [0.2, 0.25) is 0 Å². The number of amides is 2. The molecule has 3 N–H and O–H groups in total. The van der Waals surface area contributed by atoms with Crippen LogP contribution in [-0.2, 0) is 16.0 Å². The lowest BCUT2D eigenvalue weighted by Crippen LogP contribution is -2.45. The van der Waals surface area contributed by atoms with Crippen molar-refractivity contribution in [3.63, 3.8) is 0 Å². The first kappa shape index (κ1) is 26.3. The number of aromatic nitrogens is 2. The summed E-state index contributed by atoms with van der Waals surface area (Å²) in [4.78, 5) is 36.7. The van der Waals surface area contributed by atoms with E-state index in [4.69, 9.17) is 9.72 Å². The summed E-state index contributed by atoms with van der Waals surface area (Å²) in [7, 11) is 0. The number of anilines is 2. The van der Waals surface area contributed by atoms with Crippen LogP contribution in [0.25, 0.3) is 11.4 Å². The third kappa shape index (κ3) is 5.87. The number of hydrogen-bond acceptors (Lipinski definition) is 8. The number of rotatable bonds is 7. The van der Waals surface area contributed by atoms with Gasteiger partial charge in [0.15, 0.2) is 5.13 Å². The van der Waals surface area contributed by atoms with Crippen molar-refractivity contribution in [3.8, 4) is 11.4 Å². The number of aliphatic hydroxyl groups excluding tert-OH is 1. The molecule has 1 fully saturated rings. The summed E-state index contributed by atoms with van der Waals surface area (Å²) in [5, 5.41) is 17.8. The normalized spacial score (nSPS) is 21.6. The Morgan fingerprint density at radius 1 is 1.16 bits per heavy atom. The van der Waals surface area contributed by atoms with Gasteiger partial charge in [-0.3, -0.25) is 9.59 Å². The largest absolute Gasteiger partial charge is 0.393 e. The van der Waals surface area contributed by atoms with Crippen LogP contribution in [0.3, 0.4) is 0 Å². The van der Waals surface area contributed by atoms with E-state index in [0.717, 1.165) is 43.0 Å². The summed E-state index contributed by atoms with van der Waals surface area (Å²) in [6.07, 6.45) is 1.58. The summed E-state index contributed by atoms with van der Waals surface area (Å²) in [5.74, 6) is 0.223. The van der Waals surface area contributed by atoms with Gasteiger partial charge in [0, 0.05) is 30.0 Å². The van der Waals surface area contributed by atoms with E-state index in [2.05, 4.69) is 34.4 Å². The SMILES string of the molecule is C[C@@H]1CN(c2cccc(-c3csc(NC(=O)CNC(=O)c4ccc5c(c4)[C@H]([C@H](C)O)CC5)n3)n2)C[C@H](C)O1. The Morgan fingerprint density at radius 3 is 2.71 bits per heavy atom. The Kier molecular flexibility index (Phi) is 7.73. The van der Waals surface area contributed by atoms with Crippen molar-refractivity contribution in [2.24, 2.45) is 0 Å². The lowest BCUT2D eigenvalue weighted by molar-refractivity contribution is -0.115.